The summed E-state index contributed by atoms with van der Waals surface area (Å²) < 4.78 is 73.1. The summed E-state index contributed by atoms with van der Waals surface area (Å²) in [5, 5.41) is 1.95. The van der Waals surface area contributed by atoms with Crippen LogP contribution in [-0.4, -0.2) is 24.5 Å². The predicted molar refractivity (Wildman–Crippen MR) is 115 cm³/mol. The van der Waals surface area contributed by atoms with E-state index in [4.69, 9.17) is 17.3 Å². The fourth-order valence-corrected chi connectivity index (χ4v) is 4.45. The average Bonchev–Trinajstić information content (AvgIpc) is 2.72. The first-order chi connectivity index (χ1) is 15.3. The maximum Gasteiger partial charge on any atom is 1.00 e. The van der Waals surface area contributed by atoms with Crippen molar-refractivity contribution < 1.29 is 66.7 Å². The number of carbonyl (C=O) groups excluding carboxylic acids is 2. The van der Waals surface area contributed by atoms with E-state index in [0.29, 0.717) is 6.07 Å². The Bertz CT molecular complexity index is 1480. The van der Waals surface area contributed by atoms with Gasteiger partial charge in [0, 0.05) is 16.8 Å². The molecule has 1 aliphatic rings. The van der Waals surface area contributed by atoms with E-state index in [2.05, 4.69) is 5.32 Å². The Morgan fingerprint density at radius 2 is 1.53 bits per heavy atom. The van der Waals surface area contributed by atoms with E-state index >= 15 is 0 Å². The Morgan fingerprint density at radius 3 is 2.06 bits per heavy atom. The molecule has 0 heterocycles. The van der Waals surface area contributed by atoms with Crippen LogP contribution in [0.1, 0.15) is 38.8 Å². The number of carbonyl (C=O) groups is 2. The Hall–Kier alpha value is -2.41. The van der Waals surface area contributed by atoms with Crippen LogP contribution in [0.5, 0.6) is 0 Å². The summed E-state index contributed by atoms with van der Waals surface area (Å²) in [5.74, 6) is -1.49. The van der Waals surface area contributed by atoms with Crippen LogP contribution in [0.25, 0.3) is 0 Å². The Kier molecular flexibility index (Phi) is 6.93. The number of anilines is 3. The van der Waals surface area contributed by atoms with Crippen molar-refractivity contribution in [2.24, 2.45) is 0 Å². The van der Waals surface area contributed by atoms with Gasteiger partial charge in [0.15, 0.2) is 11.6 Å². The van der Waals surface area contributed by atoms with Gasteiger partial charge in [-0.2, -0.15) is 21.6 Å². The van der Waals surface area contributed by atoms with Gasteiger partial charge >= 0.3 is 35.7 Å². The quantitative estimate of drug-likeness (QED) is 0.214. The van der Waals surface area contributed by atoms with Gasteiger partial charge in [-0.3, -0.25) is 14.1 Å². The molecular weight excluding hydrogens is 508 g/mol. The van der Waals surface area contributed by atoms with Gasteiger partial charge in [0.2, 0.25) is 0 Å². The number of ketones is 2. The summed E-state index contributed by atoms with van der Waals surface area (Å²) in [6, 6.07) is 9.28. The number of fused-ring (bicyclic) bond motifs is 2. The SMILES string of the molecule is Nc1c(S(=O)(=O)O)cc(Nc2ccc(Cl)c(C(F)(F)F)c2)c2c1C(=O)c1ccccc1C2=O.[H-].[Na+]. The molecule has 1 aliphatic carbocycles. The molecule has 3 aromatic carbocycles. The molecule has 7 nitrogen and oxygen atoms in total. The molecule has 0 atom stereocenters. The molecule has 0 unspecified atom stereocenters. The van der Waals surface area contributed by atoms with Crippen LogP contribution in [0.2, 0.25) is 5.02 Å². The molecule has 0 saturated carbocycles. The number of nitrogens with two attached hydrogens (primary N) is 1. The number of alkyl halides is 3. The standard InChI is InChI=1S/C21H12ClF3N2O5S.Na.H/c22-13-6-5-9(7-12(13)21(23,24)25)27-14-8-15(33(30,31)32)18(26)17-16(14)19(28)10-3-1-2-4-11(10)20(17)29;;/h1-8,27H,26H2,(H,30,31,32);;/q;+1;-1. The van der Waals surface area contributed by atoms with Crippen LogP contribution >= 0.6 is 11.6 Å². The first-order valence-corrected chi connectivity index (χ1v) is 10.9. The largest absolute Gasteiger partial charge is 1.00 e. The molecule has 4 N–H and O–H groups in total. The molecule has 0 aromatic heterocycles. The van der Waals surface area contributed by atoms with Crippen LogP contribution in [-0.2, 0) is 16.3 Å². The second-order valence-electron chi connectivity index (χ2n) is 7.08. The van der Waals surface area contributed by atoms with E-state index in [-0.39, 0.29) is 59.0 Å². The van der Waals surface area contributed by atoms with Crippen LogP contribution < -0.4 is 40.6 Å². The fraction of sp³-hybridized carbons (Fsp3) is 0.0476. The molecule has 4 rings (SSSR count). The molecule has 0 amide bonds. The number of hydrogen-bond acceptors (Lipinski definition) is 6. The van der Waals surface area contributed by atoms with Gasteiger partial charge in [-0.1, -0.05) is 35.9 Å². The van der Waals surface area contributed by atoms with Crippen LogP contribution in [0.15, 0.2) is 53.4 Å². The van der Waals surface area contributed by atoms with E-state index in [1.807, 2.05) is 0 Å². The van der Waals surface area contributed by atoms with Crippen molar-refractivity contribution in [1.82, 2.24) is 0 Å². The smallest absolute Gasteiger partial charge is 1.00 e. The first-order valence-electron chi connectivity index (χ1n) is 9.07. The van der Waals surface area contributed by atoms with Crippen molar-refractivity contribution in [1.29, 1.82) is 0 Å². The number of nitrogen functional groups attached to an aromatic ring is 1. The van der Waals surface area contributed by atoms with Crippen LogP contribution in [0.3, 0.4) is 0 Å². The zero-order valence-corrected chi connectivity index (χ0v) is 20.8. The molecule has 0 saturated heterocycles. The Balaban J connectivity index is 0.00000216. The monoisotopic (exact) mass is 520 g/mol. The van der Waals surface area contributed by atoms with E-state index < -0.39 is 54.6 Å². The first kappa shape index (κ1) is 26.2. The summed E-state index contributed by atoms with van der Waals surface area (Å²) >= 11 is 5.63. The summed E-state index contributed by atoms with van der Waals surface area (Å²) in [7, 11) is -4.97. The van der Waals surface area contributed by atoms with E-state index in [9.17, 15) is 35.7 Å². The number of halogens is 4. The minimum atomic E-state index is -4.97. The van der Waals surface area contributed by atoms with Gasteiger partial charge in [-0.25, -0.2) is 0 Å². The average molecular weight is 521 g/mol. The van der Waals surface area contributed by atoms with E-state index in [1.165, 1.54) is 24.3 Å². The molecule has 0 radical (unpaired) electrons. The van der Waals surface area contributed by atoms with Crippen LogP contribution in [0.4, 0.5) is 30.2 Å². The molecule has 0 spiro atoms. The summed E-state index contributed by atoms with van der Waals surface area (Å²) in [4.78, 5) is 25.4. The number of nitrogens with one attached hydrogen (secondary N) is 1. The normalized spacial score (nSPS) is 13.1. The Labute approximate surface area is 219 Å². The molecule has 0 aliphatic heterocycles. The van der Waals surface area contributed by atoms with E-state index in [1.54, 1.807) is 0 Å². The predicted octanol–water partition coefficient (Wildman–Crippen LogP) is 1.82. The molecule has 13 heteroatoms. The maximum absolute atomic E-state index is 13.3. The molecule has 0 bridgehead atoms. The second kappa shape index (κ2) is 8.99. The third kappa shape index (κ3) is 4.47. The maximum atomic E-state index is 13.3. The number of hydrogen-bond donors (Lipinski definition) is 3. The van der Waals surface area contributed by atoms with Crippen LogP contribution in [0, 0.1) is 0 Å². The summed E-state index contributed by atoms with van der Waals surface area (Å²) in [6.45, 7) is 0. The minimum absolute atomic E-state index is 0. The van der Waals surface area contributed by atoms with Crippen molar-refractivity contribution in [3.05, 3.63) is 81.4 Å². The van der Waals surface area contributed by atoms with Crippen molar-refractivity contribution in [2.75, 3.05) is 11.1 Å². The van der Waals surface area contributed by atoms with Crippen molar-refractivity contribution in [2.45, 2.75) is 11.1 Å². The topological polar surface area (TPSA) is 127 Å². The van der Waals surface area contributed by atoms with Crippen molar-refractivity contribution in [3.63, 3.8) is 0 Å². The molecule has 34 heavy (non-hydrogen) atoms. The Morgan fingerprint density at radius 1 is 0.971 bits per heavy atom. The number of benzene rings is 3. The fourth-order valence-electron chi connectivity index (χ4n) is 3.58. The minimum Gasteiger partial charge on any atom is -1.00 e. The molecular formula is C21H13ClF3N2NaO5S. The molecule has 172 valence electrons. The van der Waals surface area contributed by atoms with E-state index in [0.717, 1.165) is 18.2 Å². The molecule has 0 fully saturated rings. The third-order valence-corrected chi connectivity index (χ3v) is 6.25. The van der Waals surface area contributed by atoms with Gasteiger partial charge < -0.3 is 12.5 Å². The van der Waals surface area contributed by atoms with Gasteiger partial charge in [-0.05, 0) is 24.3 Å². The van der Waals surface area contributed by atoms with Crippen molar-refractivity contribution >= 4 is 50.3 Å². The summed E-state index contributed by atoms with van der Waals surface area (Å²) in [6.07, 6.45) is -4.79. The third-order valence-electron chi connectivity index (χ3n) is 5.03. The van der Waals surface area contributed by atoms with Gasteiger partial charge in [0.05, 0.1) is 33.1 Å². The summed E-state index contributed by atoms with van der Waals surface area (Å²) in [5.41, 5.74) is 2.62. The van der Waals surface area contributed by atoms with Gasteiger partial charge in [-0.15, -0.1) is 0 Å². The zero-order valence-electron chi connectivity index (χ0n) is 18.2. The number of rotatable bonds is 3. The van der Waals surface area contributed by atoms with Gasteiger partial charge in [0.1, 0.15) is 4.90 Å². The van der Waals surface area contributed by atoms with Gasteiger partial charge in [0.25, 0.3) is 10.1 Å². The zero-order chi connectivity index (χ0) is 24.3. The second-order valence-corrected chi connectivity index (χ2v) is 8.88. The van der Waals surface area contributed by atoms with Crippen molar-refractivity contribution in [3.8, 4) is 0 Å². The molecule has 3 aromatic rings.